The van der Waals surface area contributed by atoms with Crippen LogP contribution in [-0.2, 0) is 26.5 Å². The number of carbonyl (C=O) groups excluding carboxylic acids is 2. The Kier molecular flexibility index (Phi) is 5.77. The zero-order valence-electron chi connectivity index (χ0n) is 17.0. The summed E-state index contributed by atoms with van der Waals surface area (Å²) in [7, 11) is 0. The fourth-order valence-electron chi connectivity index (χ4n) is 4.20. The average Bonchev–Trinajstić information content (AvgIpc) is 2.78. The van der Waals surface area contributed by atoms with Gasteiger partial charge in [0.2, 0.25) is 6.41 Å². The van der Waals surface area contributed by atoms with Crippen LogP contribution in [0, 0.1) is 0 Å². The van der Waals surface area contributed by atoms with Crippen LogP contribution in [0.3, 0.4) is 0 Å². The molecule has 1 aliphatic heterocycles. The smallest absolute Gasteiger partial charge is 0.214 e. The van der Waals surface area contributed by atoms with Crippen LogP contribution >= 0.6 is 0 Å². The highest BCUT2D eigenvalue weighted by Crippen LogP contribution is 2.44. The Morgan fingerprint density at radius 3 is 2.30 bits per heavy atom. The van der Waals surface area contributed by atoms with Crippen molar-refractivity contribution in [1.29, 1.82) is 0 Å². The molecule has 0 unspecified atom stereocenters. The van der Waals surface area contributed by atoms with Gasteiger partial charge in [-0.15, -0.1) is 0 Å². The van der Waals surface area contributed by atoms with E-state index in [1.807, 2.05) is 91.9 Å². The van der Waals surface area contributed by atoms with E-state index >= 15 is 0 Å². The van der Waals surface area contributed by atoms with Gasteiger partial charge in [0.1, 0.15) is 11.4 Å². The van der Waals surface area contributed by atoms with Gasteiger partial charge in [-0.1, -0.05) is 78.9 Å². The van der Waals surface area contributed by atoms with E-state index < -0.39 is 5.60 Å². The summed E-state index contributed by atoms with van der Waals surface area (Å²) >= 11 is 0. The number of Topliss-reactive ketones (excluding diaryl/α,β-unsaturated/α-hetero) is 1. The number of hydrogen-bond acceptors (Lipinski definition) is 3. The van der Waals surface area contributed by atoms with Gasteiger partial charge in [0, 0.05) is 24.1 Å². The Hall–Kier alpha value is -3.24. The number of hydrogen-bond donors (Lipinski definition) is 0. The molecule has 3 aromatic rings. The number of amides is 1. The van der Waals surface area contributed by atoms with Crippen molar-refractivity contribution in [3.63, 3.8) is 0 Å². The van der Waals surface area contributed by atoms with Crippen LogP contribution in [0.1, 0.15) is 42.6 Å². The van der Waals surface area contributed by atoms with E-state index in [0.717, 1.165) is 28.8 Å². The second-order valence-corrected chi connectivity index (χ2v) is 7.90. The first-order chi connectivity index (χ1) is 14.6. The van der Waals surface area contributed by atoms with Crippen molar-refractivity contribution in [3.8, 4) is 0 Å². The number of para-hydroxylation sites is 1. The van der Waals surface area contributed by atoms with Crippen molar-refractivity contribution in [2.45, 2.75) is 38.0 Å². The SMILES string of the molecule is C[C@@]1(c2ccccc2N(C=O)Cc2ccccc2)CC(=O)C[C@H](c2ccccc2)O1. The predicted octanol–water partition coefficient (Wildman–Crippen LogP) is 5.19. The van der Waals surface area contributed by atoms with E-state index in [9.17, 15) is 9.59 Å². The lowest BCUT2D eigenvalue weighted by Gasteiger charge is -2.40. The van der Waals surface area contributed by atoms with Gasteiger partial charge in [-0.25, -0.2) is 0 Å². The van der Waals surface area contributed by atoms with E-state index in [0.29, 0.717) is 13.0 Å². The van der Waals surface area contributed by atoms with Gasteiger partial charge in [0.15, 0.2) is 0 Å². The van der Waals surface area contributed by atoms with Crippen LogP contribution in [0.25, 0.3) is 0 Å². The summed E-state index contributed by atoms with van der Waals surface area (Å²) in [5, 5.41) is 0. The van der Waals surface area contributed by atoms with Crippen LogP contribution in [0.4, 0.5) is 5.69 Å². The monoisotopic (exact) mass is 399 g/mol. The quantitative estimate of drug-likeness (QED) is 0.536. The van der Waals surface area contributed by atoms with Crippen molar-refractivity contribution in [3.05, 3.63) is 102 Å². The van der Waals surface area contributed by atoms with Crippen molar-refractivity contribution in [1.82, 2.24) is 0 Å². The molecule has 0 aliphatic carbocycles. The Morgan fingerprint density at radius 1 is 0.967 bits per heavy atom. The van der Waals surface area contributed by atoms with E-state index in [2.05, 4.69) is 0 Å². The van der Waals surface area contributed by atoms with Gasteiger partial charge < -0.3 is 9.64 Å². The van der Waals surface area contributed by atoms with Gasteiger partial charge in [-0.3, -0.25) is 9.59 Å². The summed E-state index contributed by atoms with van der Waals surface area (Å²) in [6.07, 6.45) is 1.19. The predicted molar refractivity (Wildman–Crippen MR) is 117 cm³/mol. The zero-order valence-corrected chi connectivity index (χ0v) is 17.0. The van der Waals surface area contributed by atoms with Gasteiger partial charge >= 0.3 is 0 Å². The molecule has 0 bridgehead atoms. The number of ether oxygens (including phenoxy) is 1. The molecular weight excluding hydrogens is 374 g/mol. The minimum atomic E-state index is -0.815. The number of anilines is 1. The van der Waals surface area contributed by atoms with E-state index in [-0.39, 0.29) is 18.3 Å². The lowest BCUT2D eigenvalue weighted by Crippen LogP contribution is -2.38. The fourth-order valence-corrected chi connectivity index (χ4v) is 4.20. The summed E-state index contributed by atoms with van der Waals surface area (Å²) in [6.45, 7) is 2.40. The van der Waals surface area contributed by atoms with Crippen LogP contribution < -0.4 is 4.90 Å². The van der Waals surface area contributed by atoms with Gasteiger partial charge in [-0.2, -0.15) is 0 Å². The molecule has 1 heterocycles. The molecule has 3 aromatic carbocycles. The van der Waals surface area contributed by atoms with Crippen LogP contribution in [0.5, 0.6) is 0 Å². The molecule has 0 aromatic heterocycles. The second kappa shape index (κ2) is 8.64. The molecule has 0 radical (unpaired) electrons. The Balaban J connectivity index is 1.69. The number of nitrogens with zero attached hydrogens (tertiary/aromatic N) is 1. The van der Waals surface area contributed by atoms with Gasteiger partial charge in [-0.05, 0) is 24.1 Å². The average molecular weight is 399 g/mol. The molecule has 1 aliphatic rings. The van der Waals surface area contributed by atoms with Crippen molar-refractivity contribution < 1.29 is 14.3 Å². The number of rotatable bonds is 6. The second-order valence-electron chi connectivity index (χ2n) is 7.90. The molecule has 2 atom stereocenters. The number of ketones is 1. The first kappa shape index (κ1) is 20.0. The van der Waals surface area contributed by atoms with E-state index in [4.69, 9.17) is 4.74 Å². The lowest BCUT2D eigenvalue weighted by molar-refractivity contribution is -0.155. The maximum Gasteiger partial charge on any atom is 0.214 e. The standard InChI is InChI=1S/C26H25NO3/c1-26(17-22(29)16-25(30-26)21-12-6-3-7-13-21)23-14-8-9-15-24(23)27(19-28)18-20-10-4-2-5-11-20/h2-15,19,25H,16-18H2,1H3/t25-,26+/m1/s1. The third-order valence-corrected chi connectivity index (χ3v) is 5.63. The van der Waals surface area contributed by atoms with Gasteiger partial charge in [0.25, 0.3) is 0 Å². The minimum absolute atomic E-state index is 0.160. The molecule has 4 nitrogen and oxygen atoms in total. The summed E-state index contributed by atoms with van der Waals surface area (Å²) < 4.78 is 6.54. The zero-order chi connectivity index (χ0) is 21.0. The molecule has 0 saturated carbocycles. The molecule has 152 valence electrons. The van der Waals surface area contributed by atoms with Crippen molar-refractivity contribution in [2.24, 2.45) is 0 Å². The van der Waals surface area contributed by atoms with E-state index in [1.54, 1.807) is 4.90 Å². The number of carbonyl (C=O) groups is 2. The lowest BCUT2D eigenvalue weighted by atomic mass is 9.83. The highest BCUT2D eigenvalue weighted by atomic mass is 16.5. The van der Waals surface area contributed by atoms with Crippen LogP contribution in [0.15, 0.2) is 84.9 Å². The summed E-state index contributed by atoms with van der Waals surface area (Å²) in [4.78, 5) is 26.4. The molecule has 4 rings (SSSR count). The van der Waals surface area contributed by atoms with Crippen LogP contribution in [-0.4, -0.2) is 12.2 Å². The molecule has 0 spiro atoms. The highest BCUT2D eigenvalue weighted by Gasteiger charge is 2.41. The fraction of sp³-hybridized carbons (Fsp3) is 0.231. The summed E-state index contributed by atoms with van der Waals surface area (Å²) in [5.74, 6) is 0.160. The first-order valence-electron chi connectivity index (χ1n) is 10.2. The highest BCUT2D eigenvalue weighted by molar-refractivity contribution is 5.83. The Morgan fingerprint density at radius 2 is 1.60 bits per heavy atom. The maximum absolute atomic E-state index is 12.7. The molecule has 1 fully saturated rings. The summed E-state index contributed by atoms with van der Waals surface area (Å²) in [5.41, 5.74) is 2.82. The molecule has 1 saturated heterocycles. The maximum atomic E-state index is 12.7. The molecule has 30 heavy (non-hydrogen) atoms. The first-order valence-corrected chi connectivity index (χ1v) is 10.2. The molecular formula is C26H25NO3. The molecule has 4 heteroatoms. The molecule has 0 N–H and O–H groups in total. The summed E-state index contributed by atoms with van der Waals surface area (Å²) in [6, 6.07) is 27.4. The minimum Gasteiger partial charge on any atom is -0.362 e. The third kappa shape index (κ3) is 4.19. The van der Waals surface area contributed by atoms with E-state index in [1.165, 1.54) is 0 Å². The Labute approximate surface area is 177 Å². The molecule has 1 amide bonds. The largest absolute Gasteiger partial charge is 0.362 e. The third-order valence-electron chi connectivity index (χ3n) is 5.63. The van der Waals surface area contributed by atoms with Crippen molar-refractivity contribution in [2.75, 3.05) is 4.90 Å². The normalized spacial score (nSPS) is 21.2. The van der Waals surface area contributed by atoms with Crippen molar-refractivity contribution >= 4 is 17.9 Å². The topological polar surface area (TPSA) is 46.6 Å². The van der Waals surface area contributed by atoms with Gasteiger partial charge in [0.05, 0.1) is 12.6 Å². The van der Waals surface area contributed by atoms with Crippen LogP contribution in [0.2, 0.25) is 0 Å². The Bertz CT molecular complexity index is 1020. The number of benzene rings is 3.